The van der Waals surface area contributed by atoms with Gasteiger partial charge >= 0.3 is 0 Å². The lowest BCUT2D eigenvalue weighted by Gasteiger charge is -2.34. The molecule has 7 heterocycles. The number of nitrogens with one attached hydrogen (secondary N) is 4. The number of nitrogens with zero attached hydrogens (tertiary/aromatic N) is 2. The van der Waals surface area contributed by atoms with Crippen LogP contribution in [0.25, 0.3) is 44.9 Å². The largest absolute Gasteiger partial charge is 0.469 e. The summed E-state index contributed by atoms with van der Waals surface area (Å²) in [5, 5.41) is 11.3. The van der Waals surface area contributed by atoms with E-state index in [2.05, 4.69) is 63.4 Å². The number of rotatable bonds is 3. The van der Waals surface area contributed by atoms with E-state index < -0.39 is 29.1 Å². The number of hydrogen-bond donors (Lipinski definition) is 4. The molecule has 3 aromatic carbocycles. The van der Waals surface area contributed by atoms with Crippen LogP contribution in [0.2, 0.25) is 0 Å². The fraction of sp³-hybridized carbons (Fsp3) is 0.349. The summed E-state index contributed by atoms with van der Waals surface area (Å²) in [5.74, 6) is 1.97. The van der Waals surface area contributed by atoms with Crippen LogP contribution in [0, 0.1) is 11.3 Å². The fourth-order valence-electron chi connectivity index (χ4n) is 9.75. The van der Waals surface area contributed by atoms with E-state index >= 15 is 0 Å². The number of benzene rings is 3. The summed E-state index contributed by atoms with van der Waals surface area (Å²) >= 11 is 0. The number of aromatic nitrogens is 3. The second-order valence-electron chi connectivity index (χ2n) is 16.3. The van der Waals surface area contributed by atoms with Crippen LogP contribution in [0.1, 0.15) is 87.3 Å². The van der Waals surface area contributed by atoms with E-state index in [1.807, 2.05) is 39.1 Å². The Labute approximate surface area is 311 Å². The highest BCUT2D eigenvalue weighted by molar-refractivity contribution is 6.07. The molecule has 4 N–H and O–H groups in total. The number of carbonyl (C=O) groups is 2. The Hall–Kier alpha value is -5.84. The molecule has 11 nitrogen and oxygen atoms in total. The number of fused-ring (bicyclic) bond motifs is 7. The summed E-state index contributed by atoms with van der Waals surface area (Å²) in [7, 11) is 0. The number of anilines is 1. The lowest BCUT2D eigenvalue weighted by atomic mass is 9.72. The molecular weight excluding hydrogens is 681 g/mol. The van der Waals surface area contributed by atoms with E-state index in [-0.39, 0.29) is 17.7 Å². The first-order valence-electron chi connectivity index (χ1n) is 19.1. The molecular formula is C43H40N6O5. The maximum Gasteiger partial charge on any atom is 0.249 e. The van der Waals surface area contributed by atoms with Gasteiger partial charge in [-0.3, -0.25) is 9.59 Å². The first kappa shape index (κ1) is 31.7. The molecule has 4 atom stereocenters. The molecule has 3 aromatic heterocycles. The first-order valence-corrected chi connectivity index (χ1v) is 19.1. The van der Waals surface area contributed by atoms with Crippen molar-refractivity contribution in [3.05, 3.63) is 95.3 Å². The highest BCUT2D eigenvalue weighted by Gasteiger charge is 2.61. The summed E-state index contributed by atoms with van der Waals surface area (Å²) in [6.45, 7) is 6.08. The van der Waals surface area contributed by atoms with Crippen molar-refractivity contribution in [1.29, 1.82) is 0 Å². The minimum absolute atomic E-state index is 0.0795. The predicted octanol–water partition coefficient (Wildman–Crippen LogP) is 7.76. The number of ether oxygens (including phenoxy) is 1. The van der Waals surface area contributed by atoms with Crippen molar-refractivity contribution in [3.63, 3.8) is 0 Å². The molecule has 272 valence electrons. The van der Waals surface area contributed by atoms with Crippen LogP contribution < -0.4 is 20.7 Å². The van der Waals surface area contributed by atoms with Crippen LogP contribution in [0.15, 0.2) is 75.8 Å². The molecule has 5 aliphatic rings. The number of carbonyl (C=O) groups excluding carboxylic acids is 2. The first-order chi connectivity index (χ1) is 26.2. The van der Waals surface area contributed by atoms with Crippen LogP contribution >= 0.6 is 0 Å². The number of oxazole rings is 2. The van der Waals surface area contributed by atoms with Gasteiger partial charge in [0.1, 0.15) is 23.2 Å². The van der Waals surface area contributed by atoms with E-state index in [1.165, 1.54) is 0 Å². The lowest BCUT2D eigenvalue weighted by Crippen LogP contribution is -2.53. The molecule has 10 bridgehead atoms. The molecule has 11 heteroatoms. The van der Waals surface area contributed by atoms with E-state index in [0.717, 1.165) is 82.1 Å². The van der Waals surface area contributed by atoms with Crippen LogP contribution in [0.3, 0.4) is 0 Å². The highest BCUT2D eigenvalue weighted by Crippen LogP contribution is 2.61. The van der Waals surface area contributed by atoms with Gasteiger partial charge in [-0.25, -0.2) is 9.97 Å². The quantitative estimate of drug-likeness (QED) is 0.145. The molecule has 11 rings (SSSR count). The maximum absolute atomic E-state index is 14.4. The molecule has 0 radical (unpaired) electrons. The molecule has 1 fully saturated rings. The smallest absolute Gasteiger partial charge is 0.249 e. The van der Waals surface area contributed by atoms with Crippen LogP contribution in [-0.2, 0) is 21.4 Å². The van der Waals surface area contributed by atoms with Crippen molar-refractivity contribution >= 4 is 28.4 Å². The monoisotopic (exact) mass is 720 g/mol. The van der Waals surface area contributed by atoms with Crippen molar-refractivity contribution < 1.29 is 23.2 Å². The van der Waals surface area contributed by atoms with E-state index in [4.69, 9.17) is 23.5 Å². The normalized spacial score (nSPS) is 24.1. The van der Waals surface area contributed by atoms with Gasteiger partial charge in [-0.2, -0.15) is 0 Å². The average Bonchev–Trinajstić information content (AvgIpc) is 3.99. The van der Waals surface area contributed by atoms with Crippen molar-refractivity contribution in [1.82, 2.24) is 25.6 Å². The third kappa shape index (κ3) is 4.23. The van der Waals surface area contributed by atoms with Gasteiger partial charge < -0.3 is 34.5 Å². The van der Waals surface area contributed by atoms with Crippen LogP contribution in [0.5, 0.6) is 5.75 Å². The second kappa shape index (κ2) is 11.1. The number of para-hydroxylation sites is 1. The Bertz CT molecular complexity index is 2560. The van der Waals surface area contributed by atoms with Crippen molar-refractivity contribution in [2.75, 3.05) is 5.32 Å². The SMILES string of the molecule is CC(C)[C@@H]1NC(=O)[C@@H](NC(=O)C2(C)CCCCC2)Cc2ccc3c(c2)[C@]24c5cccc(c5NC2O3)-c2cccc3[nH]cc(c23)-c2cnc(o2)-c2nc1oc24. The zero-order valence-corrected chi connectivity index (χ0v) is 30.3. The molecule has 1 spiro atoms. The molecule has 0 saturated heterocycles. The Kier molecular flexibility index (Phi) is 6.51. The summed E-state index contributed by atoms with van der Waals surface area (Å²) in [5.41, 5.74) is 6.52. The Morgan fingerprint density at radius 1 is 0.963 bits per heavy atom. The second-order valence-corrected chi connectivity index (χ2v) is 16.3. The van der Waals surface area contributed by atoms with Crippen LogP contribution in [-0.4, -0.2) is 39.0 Å². The Morgan fingerprint density at radius 3 is 2.65 bits per heavy atom. The van der Waals surface area contributed by atoms with E-state index in [9.17, 15) is 9.59 Å². The minimum Gasteiger partial charge on any atom is -0.469 e. The van der Waals surface area contributed by atoms with Crippen molar-refractivity contribution in [3.8, 4) is 39.8 Å². The standard InChI is InChI=1S/C43H40N6O5/c1-21(2)33-39-48-35-36(54-39)43-26-11-7-10-24(23-9-8-12-28-32(23)25(19-44-28)31-20-45-38(35)52-31)34(26)49-41(43)53-30-14-13-22(17-27(30)43)18-29(37(50)47-33)46-40(51)42(3)15-5-4-6-16-42/h7-14,17,19-21,29,33,41,44,49H,4-6,15-16,18H2,1-3H3,(H,46,51)(H,47,50)/t29-,33-,41?,43-/m0/s1. The third-order valence-corrected chi connectivity index (χ3v) is 12.6. The molecule has 6 aromatic rings. The summed E-state index contributed by atoms with van der Waals surface area (Å²) in [6, 6.07) is 17.2. The zero-order valence-electron chi connectivity index (χ0n) is 30.3. The maximum atomic E-state index is 14.4. The van der Waals surface area contributed by atoms with Crippen molar-refractivity contribution in [2.45, 2.75) is 83.0 Å². The third-order valence-electron chi connectivity index (χ3n) is 12.6. The van der Waals surface area contributed by atoms with Gasteiger partial charge in [-0.1, -0.05) is 82.5 Å². The fourth-order valence-corrected chi connectivity index (χ4v) is 9.75. The van der Waals surface area contributed by atoms with Gasteiger partial charge in [-0.05, 0) is 42.0 Å². The van der Waals surface area contributed by atoms with Gasteiger partial charge in [0, 0.05) is 56.9 Å². The molecule has 4 aliphatic heterocycles. The molecule has 2 amide bonds. The summed E-state index contributed by atoms with van der Waals surface area (Å²) in [6.07, 6.45) is 8.13. The number of hydrogen-bond acceptors (Lipinski definition) is 8. The minimum atomic E-state index is -1.01. The van der Waals surface area contributed by atoms with Crippen LogP contribution in [0.4, 0.5) is 5.69 Å². The Morgan fingerprint density at radius 2 is 1.80 bits per heavy atom. The topological polar surface area (TPSA) is 147 Å². The Balaban J connectivity index is 1.18. The molecule has 1 saturated carbocycles. The molecule has 1 aliphatic carbocycles. The lowest BCUT2D eigenvalue weighted by molar-refractivity contribution is -0.136. The number of H-pyrrole nitrogens is 1. The van der Waals surface area contributed by atoms with Gasteiger partial charge in [0.05, 0.1) is 6.20 Å². The number of amides is 2. The van der Waals surface area contributed by atoms with Gasteiger partial charge in [-0.15, -0.1) is 0 Å². The van der Waals surface area contributed by atoms with E-state index in [0.29, 0.717) is 41.2 Å². The van der Waals surface area contributed by atoms with Crippen molar-refractivity contribution in [2.24, 2.45) is 11.3 Å². The van der Waals surface area contributed by atoms with Gasteiger partial charge in [0.15, 0.2) is 23.4 Å². The van der Waals surface area contributed by atoms with E-state index in [1.54, 1.807) is 6.20 Å². The predicted molar refractivity (Wildman–Crippen MR) is 202 cm³/mol. The summed E-state index contributed by atoms with van der Waals surface area (Å²) in [4.78, 5) is 41.8. The molecule has 54 heavy (non-hydrogen) atoms. The highest BCUT2D eigenvalue weighted by atomic mass is 16.5. The van der Waals surface area contributed by atoms with Gasteiger partial charge in [0.2, 0.25) is 23.6 Å². The molecule has 1 unspecified atom stereocenters. The van der Waals surface area contributed by atoms with Gasteiger partial charge in [0.25, 0.3) is 0 Å². The average molecular weight is 721 g/mol. The zero-order chi connectivity index (χ0) is 36.5. The number of aromatic amines is 1. The summed E-state index contributed by atoms with van der Waals surface area (Å²) < 4.78 is 20.6.